The highest BCUT2D eigenvalue weighted by Gasteiger charge is 2.13. The van der Waals surface area contributed by atoms with Crippen LogP contribution in [0.25, 0.3) is 10.8 Å². The Labute approximate surface area is 185 Å². The molecule has 1 aliphatic heterocycles. The quantitative estimate of drug-likeness (QED) is 0.443. The van der Waals surface area contributed by atoms with Crippen molar-refractivity contribution in [1.82, 2.24) is 15.0 Å². The molecular weight excluding hydrogens is 404 g/mol. The van der Waals surface area contributed by atoms with E-state index in [1.54, 1.807) is 6.20 Å². The summed E-state index contributed by atoms with van der Waals surface area (Å²) in [5.41, 5.74) is 2.72. The monoisotopic (exact) mass is 428 g/mol. The fraction of sp³-hybridized carbons (Fsp3) is 0.208. The lowest BCUT2D eigenvalue weighted by atomic mass is 10.2. The Kier molecular flexibility index (Phi) is 5.43. The molecule has 1 aromatic carbocycles. The van der Waals surface area contributed by atoms with Gasteiger partial charge in [0.15, 0.2) is 0 Å². The summed E-state index contributed by atoms with van der Waals surface area (Å²) in [5, 5.41) is 7.85. The summed E-state index contributed by atoms with van der Waals surface area (Å²) in [5.74, 6) is 1.79. The van der Waals surface area contributed by atoms with Gasteiger partial charge in [0.1, 0.15) is 17.5 Å². The maximum atomic E-state index is 12.6. The van der Waals surface area contributed by atoms with Crippen LogP contribution in [0.3, 0.4) is 0 Å². The van der Waals surface area contributed by atoms with E-state index in [0.717, 1.165) is 48.8 Å². The molecule has 8 nitrogen and oxygen atoms in total. The van der Waals surface area contributed by atoms with Crippen LogP contribution in [0, 0.1) is 6.92 Å². The number of nitrogens with zero attached hydrogens (tertiary/aromatic N) is 3. The number of pyridine rings is 3. The first kappa shape index (κ1) is 20.0. The topological polar surface area (TPSA) is 95.2 Å². The summed E-state index contributed by atoms with van der Waals surface area (Å²) in [7, 11) is 0. The predicted octanol–water partition coefficient (Wildman–Crippen LogP) is 3.95. The minimum atomic E-state index is -0.192. The van der Waals surface area contributed by atoms with Gasteiger partial charge in [-0.05, 0) is 60.8 Å². The van der Waals surface area contributed by atoms with Crippen molar-refractivity contribution in [2.24, 2.45) is 0 Å². The summed E-state index contributed by atoms with van der Waals surface area (Å²) in [6.07, 6.45) is 1.64. The molecule has 0 unspecified atom stereocenters. The summed E-state index contributed by atoms with van der Waals surface area (Å²) >= 11 is 0. The lowest BCUT2D eigenvalue weighted by molar-refractivity contribution is 0.122. The summed E-state index contributed by atoms with van der Waals surface area (Å²) in [4.78, 5) is 26.8. The molecule has 1 fully saturated rings. The van der Waals surface area contributed by atoms with Gasteiger partial charge in [-0.1, -0.05) is 6.07 Å². The van der Waals surface area contributed by atoms with Gasteiger partial charge in [-0.15, -0.1) is 0 Å². The Morgan fingerprint density at radius 2 is 1.78 bits per heavy atom. The molecule has 3 N–H and O–H groups in total. The Morgan fingerprint density at radius 1 is 0.969 bits per heavy atom. The summed E-state index contributed by atoms with van der Waals surface area (Å²) in [6.45, 7) is 5.19. The highest BCUT2D eigenvalue weighted by Crippen LogP contribution is 2.27. The van der Waals surface area contributed by atoms with Crippen molar-refractivity contribution in [3.05, 3.63) is 76.8 Å². The average molecular weight is 428 g/mol. The number of hydrogen-bond donors (Lipinski definition) is 3. The number of H-pyrrole nitrogens is 1. The maximum absolute atomic E-state index is 12.6. The van der Waals surface area contributed by atoms with Gasteiger partial charge in [0.25, 0.3) is 5.56 Å². The largest absolute Gasteiger partial charge is 0.378 e. The number of ether oxygens (including phenoxy) is 1. The molecule has 5 rings (SSSR count). The minimum Gasteiger partial charge on any atom is -0.378 e. The van der Waals surface area contributed by atoms with Crippen molar-refractivity contribution in [2.75, 3.05) is 41.8 Å². The minimum absolute atomic E-state index is 0.192. The van der Waals surface area contributed by atoms with E-state index in [2.05, 4.69) is 42.6 Å². The number of anilines is 5. The van der Waals surface area contributed by atoms with E-state index in [1.165, 1.54) is 0 Å². The van der Waals surface area contributed by atoms with Gasteiger partial charge in [0.05, 0.1) is 18.6 Å². The van der Waals surface area contributed by atoms with Crippen LogP contribution in [0.2, 0.25) is 0 Å². The Hall–Kier alpha value is -3.91. The zero-order chi connectivity index (χ0) is 21.9. The first-order chi connectivity index (χ1) is 15.7. The van der Waals surface area contributed by atoms with E-state index in [9.17, 15) is 4.79 Å². The normalized spacial score (nSPS) is 13.8. The first-order valence-corrected chi connectivity index (χ1v) is 10.6. The second-order valence-electron chi connectivity index (χ2n) is 7.69. The SMILES string of the molecule is Cc1cccc(Nc2cc3cc[nH]c(=O)c3c(Nc3ccc(N4CCOCC4)cc3)n2)n1. The van der Waals surface area contributed by atoms with Gasteiger partial charge in [-0.25, -0.2) is 9.97 Å². The smallest absolute Gasteiger partial charge is 0.259 e. The molecular formula is C24H24N6O2. The molecule has 0 spiro atoms. The van der Waals surface area contributed by atoms with Crippen LogP contribution in [-0.4, -0.2) is 41.3 Å². The third-order valence-electron chi connectivity index (χ3n) is 5.41. The molecule has 4 heterocycles. The Morgan fingerprint density at radius 3 is 2.56 bits per heavy atom. The van der Waals surface area contributed by atoms with Crippen molar-refractivity contribution in [3.63, 3.8) is 0 Å². The highest BCUT2D eigenvalue weighted by atomic mass is 16.5. The molecule has 4 aromatic rings. The standard InChI is InChI=1S/C24H24N6O2/c1-16-3-2-4-20(26-16)28-21-15-17-9-10-25-24(31)22(17)23(29-21)27-18-5-7-19(8-6-18)30-11-13-32-14-12-30/h2-10,15H,11-14H2,1H3,(H,25,31)(H2,26,27,28,29). The van der Waals surface area contributed by atoms with Crippen molar-refractivity contribution >= 4 is 39.6 Å². The van der Waals surface area contributed by atoms with Crippen molar-refractivity contribution in [2.45, 2.75) is 6.92 Å². The van der Waals surface area contributed by atoms with E-state index >= 15 is 0 Å². The second-order valence-corrected chi connectivity index (χ2v) is 7.69. The van der Waals surface area contributed by atoms with E-state index in [4.69, 9.17) is 4.74 Å². The fourth-order valence-electron chi connectivity index (χ4n) is 3.83. The molecule has 0 atom stereocenters. The van der Waals surface area contributed by atoms with Crippen LogP contribution in [0.15, 0.2) is 65.6 Å². The molecule has 1 aliphatic rings. The number of hydrogen-bond acceptors (Lipinski definition) is 7. The van der Waals surface area contributed by atoms with E-state index in [1.807, 2.05) is 49.4 Å². The van der Waals surface area contributed by atoms with Gasteiger partial charge in [0.2, 0.25) is 0 Å². The predicted molar refractivity (Wildman–Crippen MR) is 127 cm³/mol. The van der Waals surface area contributed by atoms with Crippen molar-refractivity contribution in [1.29, 1.82) is 0 Å². The van der Waals surface area contributed by atoms with Crippen LogP contribution in [0.4, 0.5) is 28.8 Å². The molecule has 0 saturated carbocycles. The first-order valence-electron chi connectivity index (χ1n) is 10.6. The average Bonchev–Trinajstić information content (AvgIpc) is 2.80. The number of morpholine rings is 1. The number of fused-ring (bicyclic) bond motifs is 1. The van der Waals surface area contributed by atoms with Gasteiger partial charge in [0, 0.05) is 36.4 Å². The van der Waals surface area contributed by atoms with Gasteiger partial charge in [-0.3, -0.25) is 4.79 Å². The molecule has 1 saturated heterocycles. The summed E-state index contributed by atoms with van der Waals surface area (Å²) in [6, 6.07) is 17.6. The van der Waals surface area contributed by atoms with Crippen LogP contribution < -0.4 is 21.1 Å². The molecule has 162 valence electrons. The van der Waals surface area contributed by atoms with E-state index in [-0.39, 0.29) is 5.56 Å². The Bertz CT molecular complexity index is 1300. The molecule has 0 amide bonds. The Balaban J connectivity index is 1.47. The lowest BCUT2D eigenvalue weighted by Gasteiger charge is -2.28. The number of benzene rings is 1. The third kappa shape index (κ3) is 4.26. The number of aromatic amines is 1. The second kappa shape index (κ2) is 8.68. The van der Waals surface area contributed by atoms with Crippen molar-refractivity contribution < 1.29 is 4.74 Å². The van der Waals surface area contributed by atoms with Crippen LogP contribution in [0.5, 0.6) is 0 Å². The lowest BCUT2D eigenvalue weighted by Crippen LogP contribution is -2.36. The molecule has 0 bridgehead atoms. The zero-order valence-electron chi connectivity index (χ0n) is 17.8. The number of nitrogens with one attached hydrogen (secondary N) is 3. The fourth-order valence-corrected chi connectivity index (χ4v) is 3.83. The van der Waals surface area contributed by atoms with Crippen LogP contribution >= 0.6 is 0 Å². The van der Waals surface area contributed by atoms with E-state index in [0.29, 0.717) is 22.8 Å². The van der Waals surface area contributed by atoms with Gasteiger partial charge in [-0.2, -0.15) is 0 Å². The number of aryl methyl sites for hydroxylation is 1. The van der Waals surface area contributed by atoms with Crippen LogP contribution in [0.1, 0.15) is 5.69 Å². The molecule has 32 heavy (non-hydrogen) atoms. The molecule has 3 aromatic heterocycles. The highest BCUT2D eigenvalue weighted by molar-refractivity contribution is 5.94. The third-order valence-corrected chi connectivity index (χ3v) is 5.41. The van der Waals surface area contributed by atoms with Crippen molar-refractivity contribution in [3.8, 4) is 0 Å². The van der Waals surface area contributed by atoms with Crippen LogP contribution in [-0.2, 0) is 4.74 Å². The summed E-state index contributed by atoms with van der Waals surface area (Å²) < 4.78 is 5.43. The molecule has 0 radical (unpaired) electrons. The maximum Gasteiger partial charge on any atom is 0.259 e. The van der Waals surface area contributed by atoms with Gasteiger partial charge < -0.3 is 25.3 Å². The van der Waals surface area contributed by atoms with E-state index < -0.39 is 0 Å². The molecule has 0 aliphatic carbocycles. The number of aromatic nitrogens is 3. The van der Waals surface area contributed by atoms with Gasteiger partial charge >= 0.3 is 0 Å². The molecule has 8 heteroatoms. The number of rotatable bonds is 5. The zero-order valence-corrected chi connectivity index (χ0v) is 17.8.